The standard InChI is InChI=1S/C12H23NO2/c1-9-6-7-13(8-10(9)2)11(14)15-12(3,4)5/h9-10H,6-8H2,1-5H3/t9?,10-/m1/s1. The van der Waals surface area contributed by atoms with Crippen LogP contribution in [0.15, 0.2) is 0 Å². The van der Waals surface area contributed by atoms with Crippen LogP contribution in [0.3, 0.4) is 0 Å². The number of carbonyl (C=O) groups excluding carboxylic acids is 1. The summed E-state index contributed by atoms with van der Waals surface area (Å²) in [6, 6.07) is 0. The third kappa shape index (κ3) is 3.73. The summed E-state index contributed by atoms with van der Waals surface area (Å²) in [5.41, 5.74) is -0.386. The summed E-state index contributed by atoms with van der Waals surface area (Å²) in [5.74, 6) is 1.29. The van der Waals surface area contributed by atoms with E-state index in [0.29, 0.717) is 11.8 Å². The summed E-state index contributed by atoms with van der Waals surface area (Å²) >= 11 is 0. The van der Waals surface area contributed by atoms with Crippen molar-refractivity contribution in [2.24, 2.45) is 11.8 Å². The fraction of sp³-hybridized carbons (Fsp3) is 0.917. The Morgan fingerprint density at radius 1 is 1.27 bits per heavy atom. The van der Waals surface area contributed by atoms with Gasteiger partial charge in [0.25, 0.3) is 0 Å². The van der Waals surface area contributed by atoms with E-state index in [1.165, 1.54) is 0 Å². The maximum atomic E-state index is 11.8. The van der Waals surface area contributed by atoms with Crippen molar-refractivity contribution in [3.05, 3.63) is 0 Å². The molecule has 0 spiro atoms. The van der Waals surface area contributed by atoms with Crippen LogP contribution in [0.1, 0.15) is 41.0 Å². The average Bonchev–Trinajstić information content (AvgIpc) is 2.06. The second-order valence-electron chi connectivity index (χ2n) is 5.67. The second-order valence-corrected chi connectivity index (χ2v) is 5.67. The normalized spacial score (nSPS) is 27.7. The van der Waals surface area contributed by atoms with Crippen LogP contribution in [0.2, 0.25) is 0 Å². The van der Waals surface area contributed by atoms with Crippen molar-refractivity contribution in [3.63, 3.8) is 0 Å². The fourth-order valence-electron chi connectivity index (χ4n) is 1.76. The third-order valence-corrected chi connectivity index (χ3v) is 2.99. The molecule has 0 aromatic heterocycles. The molecule has 3 heteroatoms. The summed E-state index contributed by atoms with van der Waals surface area (Å²) in [5, 5.41) is 0. The molecule has 1 aliphatic heterocycles. The van der Waals surface area contributed by atoms with E-state index >= 15 is 0 Å². The SMILES string of the molecule is CC1CCN(C(=O)OC(C)(C)C)C[C@H]1C. The number of amides is 1. The van der Waals surface area contributed by atoms with E-state index in [2.05, 4.69) is 13.8 Å². The molecule has 1 heterocycles. The highest BCUT2D eigenvalue weighted by atomic mass is 16.6. The average molecular weight is 213 g/mol. The minimum Gasteiger partial charge on any atom is -0.444 e. The quantitative estimate of drug-likeness (QED) is 0.619. The van der Waals surface area contributed by atoms with Gasteiger partial charge in [-0.2, -0.15) is 0 Å². The Hall–Kier alpha value is -0.730. The molecule has 0 aromatic carbocycles. The first-order valence-corrected chi connectivity index (χ1v) is 5.77. The van der Waals surface area contributed by atoms with Gasteiger partial charge in [0.2, 0.25) is 0 Å². The molecule has 15 heavy (non-hydrogen) atoms. The van der Waals surface area contributed by atoms with E-state index in [1.54, 1.807) is 0 Å². The van der Waals surface area contributed by atoms with Gasteiger partial charge in [0.15, 0.2) is 0 Å². The fourth-order valence-corrected chi connectivity index (χ4v) is 1.76. The van der Waals surface area contributed by atoms with Crippen molar-refractivity contribution in [1.82, 2.24) is 4.90 Å². The Labute approximate surface area is 92.8 Å². The maximum Gasteiger partial charge on any atom is 0.410 e. The van der Waals surface area contributed by atoms with Crippen molar-refractivity contribution >= 4 is 6.09 Å². The zero-order chi connectivity index (χ0) is 11.6. The highest BCUT2D eigenvalue weighted by molar-refractivity contribution is 5.68. The first kappa shape index (κ1) is 12.3. The van der Waals surface area contributed by atoms with Crippen molar-refractivity contribution in [3.8, 4) is 0 Å². The topological polar surface area (TPSA) is 29.5 Å². The summed E-state index contributed by atoms with van der Waals surface area (Å²) < 4.78 is 5.35. The summed E-state index contributed by atoms with van der Waals surface area (Å²) in [7, 11) is 0. The lowest BCUT2D eigenvalue weighted by Gasteiger charge is -2.36. The molecule has 0 aromatic rings. The Kier molecular flexibility index (Phi) is 3.63. The maximum absolute atomic E-state index is 11.8. The molecule has 1 rings (SSSR count). The lowest BCUT2D eigenvalue weighted by Crippen LogP contribution is -2.44. The summed E-state index contributed by atoms with van der Waals surface area (Å²) in [6.45, 7) is 11.8. The zero-order valence-electron chi connectivity index (χ0n) is 10.5. The highest BCUT2D eigenvalue weighted by Gasteiger charge is 2.28. The molecule has 1 amide bonds. The molecular weight excluding hydrogens is 190 g/mol. The van der Waals surface area contributed by atoms with Gasteiger partial charge >= 0.3 is 6.09 Å². The number of hydrogen-bond donors (Lipinski definition) is 0. The molecule has 1 fully saturated rings. The van der Waals surface area contributed by atoms with Crippen molar-refractivity contribution < 1.29 is 9.53 Å². The molecule has 1 unspecified atom stereocenters. The highest BCUT2D eigenvalue weighted by Crippen LogP contribution is 2.23. The number of rotatable bonds is 0. The Bertz CT molecular complexity index is 232. The van der Waals surface area contributed by atoms with Gasteiger partial charge in [0.05, 0.1) is 0 Å². The zero-order valence-corrected chi connectivity index (χ0v) is 10.5. The second kappa shape index (κ2) is 4.42. The van der Waals surface area contributed by atoms with Gasteiger partial charge < -0.3 is 9.64 Å². The molecule has 0 N–H and O–H groups in total. The monoisotopic (exact) mass is 213 g/mol. The van der Waals surface area contributed by atoms with Gasteiger partial charge in [0, 0.05) is 13.1 Å². The van der Waals surface area contributed by atoms with Crippen molar-refractivity contribution in [2.75, 3.05) is 13.1 Å². The van der Waals surface area contributed by atoms with Gasteiger partial charge in [-0.25, -0.2) is 4.79 Å². The first-order chi connectivity index (χ1) is 6.79. The van der Waals surface area contributed by atoms with Crippen LogP contribution >= 0.6 is 0 Å². The lowest BCUT2D eigenvalue weighted by molar-refractivity contribution is 0.0128. The van der Waals surface area contributed by atoms with E-state index in [-0.39, 0.29) is 11.7 Å². The largest absolute Gasteiger partial charge is 0.444 e. The number of carbonyl (C=O) groups is 1. The summed E-state index contributed by atoms with van der Waals surface area (Å²) in [4.78, 5) is 13.6. The van der Waals surface area contributed by atoms with Gasteiger partial charge in [-0.3, -0.25) is 0 Å². The van der Waals surface area contributed by atoms with Crippen LogP contribution in [-0.2, 0) is 4.74 Å². The minimum atomic E-state index is -0.386. The molecule has 2 atom stereocenters. The first-order valence-electron chi connectivity index (χ1n) is 5.77. The third-order valence-electron chi connectivity index (χ3n) is 2.99. The van der Waals surface area contributed by atoms with E-state index < -0.39 is 0 Å². The lowest BCUT2D eigenvalue weighted by atomic mass is 9.89. The molecule has 1 saturated heterocycles. The van der Waals surface area contributed by atoms with E-state index in [0.717, 1.165) is 19.5 Å². The Morgan fingerprint density at radius 2 is 1.87 bits per heavy atom. The van der Waals surface area contributed by atoms with Crippen LogP contribution in [0.4, 0.5) is 4.79 Å². The summed E-state index contributed by atoms with van der Waals surface area (Å²) in [6.07, 6.45) is 0.918. The van der Waals surface area contributed by atoms with Crippen LogP contribution < -0.4 is 0 Å². The number of nitrogens with zero attached hydrogens (tertiary/aromatic N) is 1. The number of likely N-dealkylation sites (tertiary alicyclic amines) is 1. The van der Waals surface area contributed by atoms with Crippen LogP contribution in [0.5, 0.6) is 0 Å². The predicted molar refractivity (Wildman–Crippen MR) is 60.8 cm³/mol. The van der Waals surface area contributed by atoms with Gasteiger partial charge in [-0.15, -0.1) is 0 Å². The Balaban J connectivity index is 2.48. The van der Waals surface area contributed by atoms with E-state index in [9.17, 15) is 4.79 Å². The van der Waals surface area contributed by atoms with Crippen molar-refractivity contribution in [1.29, 1.82) is 0 Å². The van der Waals surface area contributed by atoms with E-state index in [1.807, 2.05) is 25.7 Å². The molecule has 3 nitrogen and oxygen atoms in total. The molecule has 0 aliphatic carbocycles. The number of piperidine rings is 1. The minimum absolute atomic E-state index is 0.166. The molecule has 0 radical (unpaired) electrons. The molecular formula is C12H23NO2. The van der Waals surface area contributed by atoms with Crippen LogP contribution in [0, 0.1) is 11.8 Å². The van der Waals surface area contributed by atoms with Crippen LogP contribution in [0.25, 0.3) is 0 Å². The van der Waals surface area contributed by atoms with Gasteiger partial charge in [-0.1, -0.05) is 13.8 Å². The van der Waals surface area contributed by atoms with Crippen LogP contribution in [-0.4, -0.2) is 29.7 Å². The predicted octanol–water partition coefficient (Wildman–Crippen LogP) is 2.90. The van der Waals surface area contributed by atoms with E-state index in [4.69, 9.17) is 4.74 Å². The molecule has 1 aliphatic rings. The number of hydrogen-bond acceptors (Lipinski definition) is 2. The Morgan fingerprint density at radius 3 is 2.33 bits per heavy atom. The van der Waals surface area contributed by atoms with Gasteiger partial charge in [0.1, 0.15) is 5.60 Å². The molecule has 0 saturated carbocycles. The van der Waals surface area contributed by atoms with Crippen molar-refractivity contribution in [2.45, 2.75) is 46.6 Å². The smallest absolute Gasteiger partial charge is 0.410 e. The molecule has 0 bridgehead atoms. The number of ether oxygens (including phenoxy) is 1. The van der Waals surface area contributed by atoms with Gasteiger partial charge in [-0.05, 0) is 39.0 Å². The molecule has 88 valence electrons.